The van der Waals surface area contributed by atoms with E-state index in [1.54, 1.807) is 0 Å². The topological polar surface area (TPSA) is 56.7 Å². The van der Waals surface area contributed by atoms with Crippen molar-refractivity contribution >= 4 is 43.7 Å². The molecule has 0 aliphatic heterocycles. The first-order valence-corrected chi connectivity index (χ1v) is 18.0. The van der Waals surface area contributed by atoms with Crippen molar-refractivity contribution in [3.63, 3.8) is 0 Å². The van der Waals surface area contributed by atoms with Gasteiger partial charge in [0.2, 0.25) is 0 Å². The fraction of sp³-hybridized carbons (Fsp3) is 0.0625. The Kier molecular flexibility index (Phi) is 6.23. The summed E-state index contributed by atoms with van der Waals surface area (Å²) < 4.78 is 8.83. The minimum atomic E-state index is -0.0806. The number of nitrogens with zero attached hydrogens (tertiary/aromatic N) is 4. The van der Waals surface area contributed by atoms with Crippen LogP contribution in [0.4, 0.5) is 0 Å². The van der Waals surface area contributed by atoms with E-state index in [9.17, 15) is 0 Å². The monoisotopic (exact) mass is 680 g/mol. The average molecular weight is 681 g/mol. The molecule has 0 N–H and O–H groups in total. The molecule has 0 spiro atoms. The largest absolute Gasteiger partial charge is 0.455 e. The Bertz CT molecular complexity index is 3100. The van der Waals surface area contributed by atoms with Gasteiger partial charge in [0.05, 0.1) is 16.6 Å². The molecule has 0 saturated carbocycles. The normalized spacial score (nSPS) is 13.2. The van der Waals surface area contributed by atoms with Crippen molar-refractivity contribution in [1.29, 1.82) is 0 Å². The minimum Gasteiger partial charge on any atom is -0.455 e. The Balaban J connectivity index is 1.13. The number of furan rings is 1. The zero-order valence-electron chi connectivity index (χ0n) is 29.2. The second-order valence-electron chi connectivity index (χ2n) is 14.4. The van der Waals surface area contributed by atoms with Crippen LogP contribution in [0.25, 0.3) is 94.7 Å². The molecule has 10 aromatic rings. The molecule has 0 amide bonds. The van der Waals surface area contributed by atoms with Crippen LogP contribution in [0.2, 0.25) is 0 Å². The standard InChI is InChI=1S/C48H32N4O/c1-48(2)37-23-9-6-19-34(37)42-38(48)26-27-40-43(42)35-20-7-10-24-39(35)52(40)31-17-12-16-30(28-31)46-49-45(29-14-4-3-5-15-29)50-47(51-46)36-22-13-21-33-32-18-8-11-25-41(32)53-44(33)36/h3-28H,1-2H3. The quantitative estimate of drug-likeness (QED) is 0.186. The second-order valence-corrected chi connectivity index (χ2v) is 14.4. The molecule has 0 unspecified atom stereocenters. The molecule has 1 aliphatic rings. The van der Waals surface area contributed by atoms with Crippen molar-refractivity contribution in [3.05, 3.63) is 169 Å². The second kappa shape index (κ2) is 11.1. The third-order valence-corrected chi connectivity index (χ3v) is 11.1. The summed E-state index contributed by atoms with van der Waals surface area (Å²) in [5, 5.41) is 4.63. The highest BCUT2D eigenvalue weighted by Crippen LogP contribution is 2.53. The van der Waals surface area contributed by atoms with Gasteiger partial charge < -0.3 is 8.98 Å². The van der Waals surface area contributed by atoms with Gasteiger partial charge in [-0.3, -0.25) is 0 Å². The van der Waals surface area contributed by atoms with Crippen LogP contribution in [0, 0.1) is 0 Å². The molecule has 250 valence electrons. The van der Waals surface area contributed by atoms with E-state index in [1.807, 2.05) is 60.7 Å². The lowest BCUT2D eigenvalue weighted by atomic mass is 9.82. The molecule has 7 aromatic carbocycles. The predicted molar refractivity (Wildman–Crippen MR) is 215 cm³/mol. The fourth-order valence-electron chi connectivity index (χ4n) is 8.58. The fourth-order valence-corrected chi connectivity index (χ4v) is 8.58. The molecule has 3 heterocycles. The summed E-state index contributed by atoms with van der Waals surface area (Å²) in [4.78, 5) is 15.3. The summed E-state index contributed by atoms with van der Waals surface area (Å²) in [6.45, 7) is 4.68. The third kappa shape index (κ3) is 4.34. The lowest BCUT2D eigenvalue weighted by Gasteiger charge is -2.21. The molecule has 0 fully saturated rings. The highest BCUT2D eigenvalue weighted by Gasteiger charge is 2.37. The maximum absolute atomic E-state index is 6.44. The Hall–Kier alpha value is -6.85. The maximum Gasteiger partial charge on any atom is 0.167 e. The number of rotatable bonds is 4. The molecule has 53 heavy (non-hydrogen) atoms. The van der Waals surface area contributed by atoms with Gasteiger partial charge in [-0.25, -0.2) is 15.0 Å². The Labute approximate surface area is 305 Å². The molecule has 11 rings (SSSR count). The average Bonchev–Trinajstić information content (AvgIpc) is 3.84. The van der Waals surface area contributed by atoms with Crippen LogP contribution in [0.3, 0.4) is 0 Å². The first-order chi connectivity index (χ1) is 26.0. The Morgan fingerprint density at radius 3 is 2.04 bits per heavy atom. The summed E-state index contributed by atoms with van der Waals surface area (Å²) in [5.41, 5.74) is 13.0. The van der Waals surface area contributed by atoms with Crippen LogP contribution in [0.5, 0.6) is 0 Å². The number of aromatic nitrogens is 4. The number of hydrogen-bond donors (Lipinski definition) is 0. The van der Waals surface area contributed by atoms with Crippen molar-refractivity contribution in [3.8, 4) is 51.0 Å². The van der Waals surface area contributed by atoms with Crippen LogP contribution in [0.15, 0.2) is 162 Å². The van der Waals surface area contributed by atoms with Gasteiger partial charge in [-0.2, -0.15) is 0 Å². The van der Waals surface area contributed by atoms with Crippen molar-refractivity contribution in [1.82, 2.24) is 19.5 Å². The van der Waals surface area contributed by atoms with Crippen molar-refractivity contribution in [2.24, 2.45) is 0 Å². The van der Waals surface area contributed by atoms with E-state index in [-0.39, 0.29) is 5.41 Å². The highest BCUT2D eigenvalue weighted by molar-refractivity contribution is 6.18. The van der Waals surface area contributed by atoms with Crippen molar-refractivity contribution in [2.45, 2.75) is 19.3 Å². The molecular weight excluding hydrogens is 649 g/mol. The summed E-state index contributed by atoms with van der Waals surface area (Å²) >= 11 is 0. The predicted octanol–water partition coefficient (Wildman–Crippen LogP) is 12.2. The van der Waals surface area contributed by atoms with Gasteiger partial charge in [0.25, 0.3) is 0 Å². The van der Waals surface area contributed by atoms with Crippen molar-refractivity contribution < 1.29 is 4.42 Å². The summed E-state index contributed by atoms with van der Waals surface area (Å²) in [6, 6.07) is 55.2. The lowest BCUT2D eigenvalue weighted by Crippen LogP contribution is -2.14. The van der Waals surface area contributed by atoms with Gasteiger partial charge >= 0.3 is 0 Å². The summed E-state index contributed by atoms with van der Waals surface area (Å²) in [6.07, 6.45) is 0. The number of benzene rings is 7. The minimum absolute atomic E-state index is 0.0806. The molecule has 0 bridgehead atoms. The van der Waals surface area contributed by atoms with Gasteiger partial charge in [-0.15, -0.1) is 0 Å². The molecule has 0 atom stereocenters. The van der Waals surface area contributed by atoms with Gasteiger partial charge in [0.1, 0.15) is 11.2 Å². The van der Waals surface area contributed by atoms with Crippen LogP contribution < -0.4 is 0 Å². The van der Waals surface area contributed by atoms with Gasteiger partial charge in [-0.05, 0) is 58.7 Å². The lowest BCUT2D eigenvalue weighted by molar-refractivity contribution is 0.661. The zero-order valence-corrected chi connectivity index (χ0v) is 29.2. The Morgan fingerprint density at radius 2 is 1.15 bits per heavy atom. The molecule has 5 heteroatoms. The smallest absolute Gasteiger partial charge is 0.167 e. The molecule has 1 aliphatic carbocycles. The van der Waals surface area contributed by atoms with Crippen LogP contribution >= 0.6 is 0 Å². The SMILES string of the molecule is CC1(C)c2ccccc2-c2c1ccc1c2c2ccccc2n1-c1cccc(-c2nc(-c3ccccc3)nc(-c3cccc4c3oc3ccccc34)n2)c1. The zero-order chi connectivity index (χ0) is 35.3. The van der Waals surface area contributed by atoms with Gasteiger partial charge in [0.15, 0.2) is 17.5 Å². The maximum atomic E-state index is 6.44. The van der Waals surface area contributed by atoms with Gasteiger partial charge in [0, 0.05) is 43.8 Å². The molecule has 0 radical (unpaired) electrons. The van der Waals surface area contributed by atoms with E-state index >= 15 is 0 Å². The van der Waals surface area contributed by atoms with Crippen LogP contribution in [-0.4, -0.2) is 19.5 Å². The summed E-state index contributed by atoms with van der Waals surface area (Å²) in [5.74, 6) is 1.77. The van der Waals surface area contributed by atoms with E-state index in [4.69, 9.17) is 19.4 Å². The van der Waals surface area contributed by atoms with E-state index in [2.05, 4.69) is 115 Å². The summed E-state index contributed by atoms with van der Waals surface area (Å²) in [7, 11) is 0. The first-order valence-electron chi connectivity index (χ1n) is 18.0. The molecule has 3 aromatic heterocycles. The van der Waals surface area contributed by atoms with E-state index in [1.165, 1.54) is 38.5 Å². The van der Waals surface area contributed by atoms with E-state index < -0.39 is 0 Å². The highest BCUT2D eigenvalue weighted by atomic mass is 16.3. The number of fused-ring (bicyclic) bond motifs is 10. The van der Waals surface area contributed by atoms with E-state index in [0.29, 0.717) is 17.5 Å². The van der Waals surface area contributed by atoms with E-state index in [0.717, 1.165) is 49.8 Å². The molecule has 0 saturated heterocycles. The van der Waals surface area contributed by atoms with Crippen LogP contribution in [-0.2, 0) is 5.41 Å². The molecule has 5 nitrogen and oxygen atoms in total. The molecular formula is C48H32N4O. The number of hydrogen-bond acceptors (Lipinski definition) is 4. The number of para-hydroxylation sites is 3. The Morgan fingerprint density at radius 1 is 0.491 bits per heavy atom. The van der Waals surface area contributed by atoms with Crippen molar-refractivity contribution in [2.75, 3.05) is 0 Å². The first kappa shape index (κ1) is 29.8. The van der Waals surface area contributed by atoms with Gasteiger partial charge in [-0.1, -0.05) is 135 Å². The third-order valence-electron chi connectivity index (χ3n) is 11.1. The van der Waals surface area contributed by atoms with Crippen LogP contribution in [0.1, 0.15) is 25.0 Å².